The van der Waals surface area contributed by atoms with Crippen LogP contribution >= 0.6 is 0 Å². The van der Waals surface area contributed by atoms with E-state index in [0.717, 1.165) is 38.3 Å². The number of benzene rings is 5. The van der Waals surface area contributed by atoms with Crippen LogP contribution in [-0.4, -0.2) is 13.1 Å². The van der Waals surface area contributed by atoms with E-state index in [9.17, 15) is 0 Å². The molecule has 0 bridgehead atoms. The highest BCUT2D eigenvalue weighted by atomic mass is 15.2. The van der Waals surface area contributed by atoms with Gasteiger partial charge in [0.1, 0.15) is 0 Å². The topological polar surface area (TPSA) is 15.3 Å². The maximum atomic E-state index is 3.70. The van der Waals surface area contributed by atoms with Crippen LogP contribution in [0.4, 0.5) is 11.4 Å². The van der Waals surface area contributed by atoms with Crippen molar-refractivity contribution in [3.05, 3.63) is 143 Å². The third kappa shape index (κ3) is 6.87. The number of nitrogens with one attached hydrogen (secondary N) is 1. The minimum Gasteiger partial charge on any atom is -0.385 e. The quantitative estimate of drug-likeness (QED) is 0.152. The van der Waals surface area contributed by atoms with Gasteiger partial charge in [-0.2, -0.15) is 0 Å². The van der Waals surface area contributed by atoms with Crippen molar-refractivity contribution in [3.63, 3.8) is 0 Å². The number of allylic oxidation sites excluding steroid dienone is 4. The Morgan fingerprint density at radius 3 is 2.38 bits per heavy atom. The minimum atomic E-state index is -0.180. The van der Waals surface area contributed by atoms with Crippen molar-refractivity contribution in [2.24, 2.45) is 5.92 Å². The lowest BCUT2D eigenvalue weighted by Crippen LogP contribution is -2.34. The summed E-state index contributed by atoms with van der Waals surface area (Å²) in [6.07, 6.45) is 17.1. The lowest BCUT2D eigenvalue weighted by Gasteiger charge is -2.34. The van der Waals surface area contributed by atoms with Crippen molar-refractivity contribution in [2.45, 2.75) is 96.8 Å². The van der Waals surface area contributed by atoms with Crippen molar-refractivity contribution in [1.82, 2.24) is 0 Å². The van der Waals surface area contributed by atoms with Gasteiger partial charge in [0.15, 0.2) is 0 Å². The number of aryl methyl sites for hydroxylation is 1. The van der Waals surface area contributed by atoms with Gasteiger partial charge in [0.25, 0.3) is 0 Å². The molecule has 1 N–H and O–H groups in total. The SMILES string of the molecule is CCCNc1ccc(C)cc1C(C)(C)C/C=C/C=C1/N(CC2CCCCC2)c2ccc3ccccc3c2C1(C)Cc1ccc2ccccc2c1. The zero-order valence-electron chi connectivity index (χ0n) is 31.1. The highest BCUT2D eigenvalue weighted by molar-refractivity contribution is 5.95. The molecule has 0 spiro atoms. The fourth-order valence-electron chi connectivity index (χ4n) is 8.92. The van der Waals surface area contributed by atoms with Crippen LogP contribution in [0.15, 0.2) is 121 Å². The molecule has 50 heavy (non-hydrogen) atoms. The van der Waals surface area contributed by atoms with Crippen LogP contribution in [0.1, 0.15) is 94.9 Å². The van der Waals surface area contributed by atoms with E-state index in [-0.39, 0.29) is 10.8 Å². The monoisotopic (exact) mass is 660 g/mol. The third-order valence-electron chi connectivity index (χ3n) is 11.6. The van der Waals surface area contributed by atoms with Gasteiger partial charge >= 0.3 is 0 Å². The van der Waals surface area contributed by atoms with Crippen molar-refractivity contribution in [1.29, 1.82) is 0 Å². The summed E-state index contributed by atoms with van der Waals surface area (Å²) >= 11 is 0. The van der Waals surface area contributed by atoms with Gasteiger partial charge < -0.3 is 10.2 Å². The van der Waals surface area contributed by atoms with Gasteiger partial charge in [-0.3, -0.25) is 0 Å². The summed E-state index contributed by atoms with van der Waals surface area (Å²) < 4.78 is 0. The Hall–Kier alpha value is -4.30. The third-order valence-corrected chi connectivity index (χ3v) is 11.6. The van der Waals surface area contributed by atoms with Gasteiger partial charge in [-0.25, -0.2) is 0 Å². The van der Waals surface area contributed by atoms with E-state index in [1.807, 2.05) is 0 Å². The number of hydrogen-bond acceptors (Lipinski definition) is 2. The first-order valence-electron chi connectivity index (χ1n) is 19.3. The van der Waals surface area contributed by atoms with Crippen LogP contribution in [0.25, 0.3) is 21.5 Å². The molecule has 1 saturated carbocycles. The molecule has 0 amide bonds. The van der Waals surface area contributed by atoms with Gasteiger partial charge in [0.2, 0.25) is 0 Å². The molecule has 0 aromatic heterocycles. The van der Waals surface area contributed by atoms with E-state index in [2.05, 4.69) is 160 Å². The molecule has 2 aliphatic rings. The molecule has 1 fully saturated rings. The predicted octanol–water partition coefficient (Wildman–Crippen LogP) is 12.8. The van der Waals surface area contributed by atoms with E-state index >= 15 is 0 Å². The molecule has 1 aliphatic carbocycles. The average Bonchev–Trinajstić information content (AvgIpc) is 3.36. The van der Waals surface area contributed by atoms with Crippen LogP contribution in [0.5, 0.6) is 0 Å². The molecule has 5 aromatic carbocycles. The summed E-state index contributed by atoms with van der Waals surface area (Å²) in [4.78, 5) is 2.74. The summed E-state index contributed by atoms with van der Waals surface area (Å²) in [6, 6.07) is 36.6. The predicted molar refractivity (Wildman–Crippen MR) is 218 cm³/mol. The van der Waals surface area contributed by atoms with Crippen LogP contribution < -0.4 is 10.2 Å². The standard InChI is InChI=1S/C48H56N2/c1-6-30-49-43-27-23-35(2)31-42(43)47(3,4)29-15-14-22-45-48(5,33-37-24-25-38-18-10-11-20-40(38)32-37)46-41-21-13-12-19-39(41)26-28-44(46)50(45)34-36-16-8-7-9-17-36/h10-15,18-28,31-32,36,49H,6-9,16-17,29-30,33-34H2,1-5H3/b15-14+,45-22+. The van der Waals surface area contributed by atoms with Gasteiger partial charge in [0.05, 0.1) is 0 Å². The molecule has 1 unspecified atom stereocenters. The first kappa shape index (κ1) is 34.2. The Labute approximate surface area is 301 Å². The highest BCUT2D eigenvalue weighted by Gasteiger charge is 2.45. The fraction of sp³-hybridized carbons (Fsp3) is 0.375. The van der Waals surface area contributed by atoms with Crippen molar-refractivity contribution >= 4 is 32.9 Å². The molecule has 1 heterocycles. The lowest BCUT2D eigenvalue weighted by atomic mass is 9.74. The van der Waals surface area contributed by atoms with E-state index in [0.29, 0.717) is 0 Å². The van der Waals surface area contributed by atoms with Gasteiger partial charge in [-0.1, -0.05) is 143 Å². The van der Waals surface area contributed by atoms with E-state index < -0.39 is 0 Å². The van der Waals surface area contributed by atoms with E-state index in [1.54, 1.807) is 0 Å². The molecule has 1 atom stereocenters. The first-order chi connectivity index (χ1) is 24.3. The van der Waals surface area contributed by atoms with Crippen molar-refractivity contribution in [3.8, 4) is 0 Å². The second kappa shape index (κ2) is 14.5. The average molecular weight is 661 g/mol. The molecule has 1 aliphatic heterocycles. The van der Waals surface area contributed by atoms with Crippen molar-refractivity contribution < 1.29 is 0 Å². The fourth-order valence-corrected chi connectivity index (χ4v) is 8.92. The molecule has 0 saturated heterocycles. The molecule has 258 valence electrons. The molecule has 5 aromatic rings. The molecule has 2 heteroatoms. The zero-order chi connectivity index (χ0) is 34.7. The summed E-state index contributed by atoms with van der Waals surface area (Å²) in [5.41, 5.74) is 9.56. The van der Waals surface area contributed by atoms with Crippen molar-refractivity contribution in [2.75, 3.05) is 23.3 Å². The molecular weight excluding hydrogens is 605 g/mol. The number of rotatable bonds is 11. The van der Waals surface area contributed by atoms with E-state index in [4.69, 9.17) is 0 Å². The van der Waals surface area contributed by atoms with Crippen LogP contribution in [0, 0.1) is 12.8 Å². The number of fused-ring (bicyclic) bond motifs is 4. The van der Waals surface area contributed by atoms with Gasteiger partial charge in [-0.05, 0) is 114 Å². The molecule has 7 rings (SSSR count). The smallest absolute Gasteiger partial charge is 0.0457 e. The summed E-state index contributed by atoms with van der Waals surface area (Å²) in [6.45, 7) is 13.9. The molecular formula is C48H56N2. The zero-order valence-corrected chi connectivity index (χ0v) is 31.1. The Bertz CT molecular complexity index is 2020. The molecule has 2 nitrogen and oxygen atoms in total. The van der Waals surface area contributed by atoms with E-state index in [1.165, 1.54) is 93.0 Å². The highest BCUT2D eigenvalue weighted by Crippen LogP contribution is 2.53. The van der Waals surface area contributed by atoms with Crippen LogP contribution in [0.2, 0.25) is 0 Å². The lowest BCUT2D eigenvalue weighted by molar-refractivity contribution is 0.361. The number of nitrogens with zero attached hydrogens (tertiary/aromatic N) is 1. The second-order valence-corrected chi connectivity index (χ2v) is 16.0. The summed E-state index contributed by atoms with van der Waals surface area (Å²) in [5, 5.41) is 9.05. The Balaban J connectivity index is 1.30. The largest absolute Gasteiger partial charge is 0.385 e. The van der Waals surface area contributed by atoms with Gasteiger partial charge in [-0.15, -0.1) is 0 Å². The second-order valence-electron chi connectivity index (χ2n) is 16.0. The Kier molecular flexibility index (Phi) is 9.91. The number of hydrogen-bond donors (Lipinski definition) is 1. The summed E-state index contributed by atoms with van der Waals surface area (Å²) in [5.74, 6) is 0.729. The normalized spacial score (nSPS) is 19.2. The van der Waals surface area contributed by atoms with Crippen LogP contribution in [-0.2, 0) is 17.3 Å². The maximum absolute atomic E-state index is 3.70. The number of anilines is 2. The van der Waals surface area contributed by atoms with Gasteiger partial charge in [0, 0.05) is 35.6 Å². The molecule has 0 radical (unpaired) electrons. The minimum absolute atomic E-state index is 0.00211. The van der Waals surface area contributed by atoms with Crippen LogP contribution in [0.3, 0.4) is 0 Å². The summed E-state index contributed by atoms with van der Waals surface area (Å²) in [7, 11) is 0. The Morgan fingerprint density at radius 2 is 1.58 bits per heavy atom. The maximum Gasteiger partial charge on any atom is 0.0457 e. The first-order valence-corrected chi connectivity index (χ1v) is 19.3. The Morgan fingerprint density at radius 1 is 0.840 bits per heavy atom.